The molecule has 2 atom stereocenters. The summed E-state index contributed by atoms with van der Waals surface area (Å²) in [7, 11) is 0. The Morgan fingerprint density at radius 3 is 2.65 bits per heavy atom. The first-order valence-electron chi connectivity index (χ1n) is 7.56. The van der Waals surface area contributed by atoms with Gasteiger partial charge in [-0.15, -0.1) is 0 Å². The van der Waals surface area contributed by atoms with Crippen LogP contribution in [0.1, 0.15) is 25.5 Å². The van der Waals surface area contributed by atoms with Crippen LogP contribution in [0.25, 0.3) is 0 Å². The smallest absolute Gasteiger partial charge is 0.250 e. The number of alkyl halides is 1. The molecule has 1 aliphatic rings. The Bertz CT molecular complexity index is 586. The van der Waals surface area contributed by atoms with Gasteiger partial charge in [0, 0.05) is 11.9 Å². The molecule has 23 heavy (non-hydrogen) atoms. The number of hydrogen-bond acceptors (Lipinski definition) is 3. The maximum absolute atomic E-state index is 13.1. The highest BCUT2D eigenvalue weighted by Gasteiger charge is 2.35. The van der Waals surface area contributed by atoms with Crippen molar-refractivity contribution in [2.75, 3.05) is 18.5 Å². The predicted octanol–water partition coefficient (Wildman–Crippen LogP) is 2.72. The molecule has 2 N–H and O–H groups in total. The molecule has 1 aromatic rings. The largest absolute Gasteiger partial charge is 0.388 e. The summed E-state index contributed by atoms with van der Waals surface area (Å²) in [6, 6.07) is 5.86. The van der Waals surface area contributed by atoms with E-state index in [-0.39, 0.29) is 18.3 Å². The third-order valence-corrected chi connectivity index (χ3v) is 4.26. The van der Waals surface area contributed by atoms with Crippen molar-refractivity contribution >= 4 is 21.8 Å². The summed E-state index contributed by atoms with van der Waals surface area (Å²) in [6.45, 7) is 4.73. The lowest BCUT2D eigenvalue weighted by molar-refractivity contribution is -0.118. The topological polar surface area (TPSA) is 58.6 Å². The molecule has 0 fully saturated rings. The molecule has 1 heterocycles. The van der Waals surface area contributed by atoms with E-state index in [0.29, 0.717) is 34.5 Å². The van der Waals surface area contributed by atoms with Crippen molar-refractivity contribution in [3.8, 4) is 0 Å². The van der Waals surface area contributed by atoms with Gasteiger partial charge in [0.1, 0.15) is 11.9 Å². The number of benzene rings is 1. The van der Waals surface area contributed by atoms with Crippen molar-refractivity contribution in [1.82, 2.24) is 5.32 Å². The molecule has 0 spiro atoms. The molecule has 0 saturated carbocycles. The zero-order valence-electron chi connectivity index (χ0n) is 13.2. The van der Waals surface area contributed by atoms with Crippen molar-refractivity contribution in [3.63, 3.8) is 0 Å². The molecule has 0 radical (unpaired) electrons. The van der Waals surface area contributed by atoms with Crippen LogP contribution < -0.4 is 5.32 Å². The Morgan fingerprint density at radius 2 is 2.09 bits per heavy atom. The standard InChI is InChI=1S/C17H21BrFNO3/c1-10(2)8-20-17(22)15-13(14(21)7-18)9-23-16(15)11-3-5-12(19)6-4-11/h3-6,10,14,16,21H,7-9H2,1-2H3,(H,20,22). The first-order chi connectivity index (χ1) is 10.9. The van der Waals surface area contributed by atoms with Crippen molar-refractivity contribution in [2.24, 2.45) is 5.92 Å². The fraction of sp³-hybridized carbons (Fsp3) is 0.471. The monoisotopic (exact) mass is 385 g/mol. The molecule has 0 aliphatic carbocycles. The number of nitrogens with one attached hydrogen (secondary N) is 1. The van der Waals surface area contributed by atoms with Crippen LogP contribution in [-0.2, 0) is 9.53 Å². The zero-order valence-corrected chi connectivity index (χ0v) is 14.8. The van der Waals surface area contributed by atoms with Gasteiger partial charge in [0.25, 0.3) is 0 Å². The fourth-order valence-electron chi connectivity index (χ4n) is 2.43. The summed E-state index contributed by atoms with van der Waals surface area (Å²) >= 11 is 3.23. The quantitative estimate of drug-likeness (QED) is 0.740. The van der Waals surface area contributed by atoms with Crippen molar-refractivity contribution in [1.29, 1.82) is 0 Å². The number of hydrogen-bond donors (Lipinski definition) is 2. The van der Waals surface area contributed by atoms with Crippen LogP contribution in [0.5, 0.6) is 0 Å². The second-order valence-electron chi connectivity index (χ2n) is 5.96. The van der Waals surface area contributed by atoms with E-state index in [0.717, 1.165) is 0 Å². The van der Waals surface area contributed by atoms with Gasteiger partial charge in [-0.1, -0.05) is 41.9 Å². The summed E-state index contributed by atoms with van der Waals surface area (Å²) in [6.07, 6.45) is -1.38. The number of ether oxygens (including phenoxy) is 1. The second kappa shape index (κ2) is 8.04. The highest BCUT2D eigenvalue weighted by Crippen LogP contribution is 2.36. The fourth-order valence-corrected chi connectivity index (χ4v) is 2.82. The number of carbonyl (C=O) groups is 1. The van der Waals surface area contributed by atoms with Gasteiger partial charge in [0.05, 0.1) is 18.3 Å². The molecule has 126 valence electrons. The normalized spacial score (nSPS) is 19.3. The number of aliphatic hydroxyl groups excluding tert-OH is 1. The van der Waals surface area contributed by atoms with E-state index >= 15 is 0 Å². The van der Waals surface area contributed by atoms with E-state index in [1.54, 1.807) is 12.1 Å². The van der Waals surface area contributed by atoms with Gasteiger partial charge in [-0.2, -0.15) is 0 Å². The van der Waals surface area contributed by atoms with E-state index in [9.17, 15) is 14.3 Å². The molecule has 1 amide bonds. The van der Waals surface area contributed by atoms with Gasteiger partial charge >= 0.3 is 0 Å². The third kappa shape index (κ3) is 4.40. The average molecular weight is 386 g/mol. The summed E-state index contributed by atoms with van der Waals surface area (Å²) in [5, 5.41) is 13.3. The highest BCUT2D eigenvalue weighted by atomic mass is 79.9. The maximum Gasteiger partial charge on any atom is 0.250 e. The van der Waals surface area contributed by atoms with Gasteiger partial charge in [-0.05, 0) is 29.2 Å². The van der Waals surface area contributed by atoms with Gasteiger partial charge in [-0.25, -0.2) is 4.39 Å². The summed E-state index contributed by atoms with van der Waals surface area (Å²) in [5.74, 6) is -0.279. The minimum atomic E-state index is -0.791. The summed E-state index contributed by atoms with van der Waals surface area (Å²) in [5.41, 5.74) is 1.68. The number of halogens is 2. The Labute approximate surface area is 143 Å². The minimum Gasteiger partial charge on any atom is -0.388 e. The Hall–Kier alpha value is -1.24. The van der Waals surface area contributed by atoms with E-state index in [2.05, 4.69) is 21.2 Å². The van der Waals surface area contributed by atoms with Crippen LogP contribution in [0, 0.1) is 11.7 Å². The number of aliphatic hydroxyl groups is 1. The molecule has 0 bridgehead atoms. The number of carbonyl (C=O) groups excluding carboxylic acids is 1. The average Bonchev–Trinajstić information content (AvgIpc) is 2.97. The van der Waals surface area contributed by atoms with Crippen LogP contribution in [-0.4, -0.2) is 35.6 Å². The van der Waals surface area contributed by atoms with Crippen LogP contribution in [0.2, 0.25) is 0 Å². The lowest BCUT2D eigenvalue weighted by Crippen LogP contribution is -2.31. The second-order valence-corrected chi connectivity index (χ2v) is 6.60. The molecular formula is C17H21BrFNO3. The number of rotatable bonds is 6. The molecule has 2 unspecified atom stereocenters. The Balaban J connectivity index is 2.32. The Kier molecular flexibility index (Phi) is 6.33. The first-order valence-corrected chi connectivity index (χ1v) is 8.68. The van der Waals surface area contributed by atoms with E-state index in [1.807, 2.05) is 13.8 Å². The van der Waals surface area contributed by atoms with Crippen LogP contribution in [0.4, 0.5) is 4.39 Å². The molecule has 4 nitrogen and oxygen atoms in total. The molecule has 2 rings (SSSR count). The van der Waals surface area contributed by atoms with Gasteiger partial charge in [0.15, 0.2) is 0 Å². The van der Waals surface area contributed by atoms with Crippen molar-refractivity contribution < 1.29 is 19.0 Å². The number of amides is 1. The van der Waals surface area contributed by atoms with E-state index < -0.39 is 12.2 Å². The maximum atomic E-state index is 13.1. The molecule has 1 aromatic carbocycles. The van der Waals surface area contributed by atoms with Crippen LogP contribution >= 0.6 is 15.9 Å². The lowest BCUT2D eigenvalue weighted by atomic mass is 9.96. The van der Waals surface area contributed by atoms with Crippen LogP contribution in [0.3, 0.4) is 0 Å². The van der Waals surface area contributed by atoms with E-state index in [4.69, 9.17) is 4.74 Å². The molecule has 0 saturated heterocycles. The Morgan fingerprint density at radius 1 is 1.43 bits per heavy atom. The molecule has 0 aromatic heterocycles. The predicted molar refractivity (Wildman–Crippen MR) is 89.8 cm³/mol. The summed E-state index contributed by atoms with van der Waals surface area (Å²) in [4.78, 5) is 12.6. The first kappa shape index (κ1) is 18.1. The molecule has 6 heteroatoms. The third-order valence-electron chi connectivity index (χ3n) is 3.65. The highest BCUT2D eigenvalue weighted by molar-refractivity contribution is 9.09. The summed E-state index contributed by atoms with van der Waals surface area (Å²) < 4.78 is 18.8. The molecular weight excluding hydrogens is 365 g/mol. The minimum absolute atomic E-state index is 0.180. The van der Waals surface area contributed by atoms with Gasteiger partial charge in [0.2, 0.25) is 5.91 Å². The van der Waals surface area contributed by atoms with Crippen LogP contribution in [0.15, 0.2) is 35.4 Å². The molecule has 1 aliphatic heterocycles. The SMILES string of the molecule is CC(C)CNC(=O)C1=C(C(O)CBr)COC1c1ccc(F)cc1. The van der Waals surface area contributed by atoms with Crippen molar-refractivity contribution in [3.05, 3.63) is 46.8 Å². The van der Waals surface area contributed by atoms with E-state index in [1.165, 1.54) is 12.1 Å². The zero-order chi connectivity index (χ0) is 17.0. The van der Waals surface area contributed by atoms with Gasteiger partial charge in [-0.3, -0.25) is 4.79 Å². The van der Waals surface area contributed by atoms with Crippen molar-refractivity contribution in [2.45, 2.75) is 26.1 Å². The lowest BCUT2D eigenvalue weighted by Gasteiger charge is -2.17. The van der Waals surface area contributed by atoms with Gasteiger partial charge < -0.3 is 15.2 Å².